The third kappa shape index (κ3) is 2.44. The van der Waals surface area contributed by atoms with Crippen LogP contribution in [0.1, 0.15) is 11.1 Å². The van der Waals surface area contributed by atoms with Crippen molar-refractivity contribution < 1.29 is 14.5 Å². The fraction of sp³-hybridized carbons (Fsp3) is 0.0833. The number of rotatable bonds is 3. The zero-order valence-electron chi connectivity index (χ0n) is 10.2. The van der Waals surface area contributed by atoms with Crippen LogP contribution in [-0.4, -0.2) is 22.8 Å². The monoisotopic (exact) mass is 262 g/mol. The van der Waals surface area contributed by atoms with E-state index in [1.54, 1.807) is 6.07 Å². The summed E-state index contributed by atoms with van der Waals surface area (Å²) in [5, 5.41) is 5.96. The largest absolute Gasteiger partial charge is 0.497 e. The molecule has 2 rings (SSSR count). The molecule has 0 bridgehead atoms. The number of anilines is 2. The maximum absolute atomic E-state index is 13.4. The van der Waals surface area contributed by atoms with E-state index in [9.17, 15) is 4.39 Å². The van der Waals surface area contributed by atoms with Crippen LogP contribution in [0.15, 0.2) is 24.5 Å². The second kappa shape index (κ2) is 4.89. The standard InChI is InChI=1S/C12H12FN5O/c1-19-8-3-6(2-7(13)4-8)10(14)9-11(15)17-5-18-12(9)16/h2-5,14H,1H3,(H4,15,16,17,18)/p+1. The first-order valence-electron chi connectivity index (χ1n) is 5.36. The summed E-state index contributed by atoms with van der Waals surface area (Å²) < 4.78 is 18.4. The molecule has 98 valence electrons. The van der Waals surface area contributed by atoms with E-state index < -0.39 is 5.82 Å². The quantitative estimate of drug-likeness (QED) is 0.638. The van der Waals surface area contributed by atoms with Crippen molar-refractivity contribution in [3.05, 3.63) is 41.5 Å². The van der Waals surface area contributed by atoms with Crippen LogP contribution in [0.25, 0.3) is 0 Å². The molecule has 1 aromatic carbocycles. The average molecular weight is 262 g/mol. The summed E-state index contributed by atoms with van der Waals surface area (Å²) in [5.74, 6) is 0.125. The number of hydrogen-bond donors (Lipinski definition) is 3. The van der Waals surface area contributed by atoms with Gasteiger partial charge in [0, 0.05) is 6.07 Å². The number of nitrogen functional groups attached to an aromatic ring is 2. The van der Waals surface area contributed by atoms with Gasteiger partial charge in [-0.1, -0.05) is 0 Å². The molecule has 2 aromatic rings. The first-order valence-corrected chi connectivity index (χ1v) is 5.36. The molecule has 6 N–H and O–H groups in total. The Morgan fingerprint density at radius 3 is 2.42 bits per heavy atom. The number of hydrogen-bond acceptors (Lipinski definition) is 5. The van der Waals surface area contributed by atoms with Gasteiger partial charge in [-0.25, -0.2) is 14.4 Å². The number of nitrogens with zero attached hydrogens (tertiary/aromatic N) is 2. The van der Waals surface area contributed by atoms with Gasteiger partial charge in [0.15, 0.2) is 0 Å². The fourth-order valence-electron chi connectivity index (χ4n) is 1.67. The zero-order valence-corrected chi connectivity index (χ0v) is 10.2. The minimum absolute atomic E-state index is 0.133. The van der Waals surface area contributed by atoms with Gasteiger partial charge in [-0.05, 0) is 12.1 Å². The molecule has 0 fully saturated rings. The topological polar surface area (TPSA) is 113 Å². The van der Waals surface area contributed by atoms with Crippen molar-refractivity contribution in [2.24, 2.45) is 0 Å². The van der Waals surface area contributed by atoms with E-state index in [1.807, 2.05) is 0 Å². The average Bonchev–Trinajstić information content (AvgIpc) is 2.37. The van der Waals surface area contributed by atoms with Crippen molar-refractivity contribution in [3.8, 4) is 5.75 Å². The second-order valence-corrected chi connectivity index (χ2v) is 3.81. The Morgan fingerprint density at radius 1 is 1.21 bits per heavy atom. The summed E-state index contributed by atoms with van der Waals surface area (Å²) in [6.45, 7) is 0. The van der Waals surface area contributed by atoms with Crippen LogP contribution in [0.2, 0.25) is 0 Å². The molecule has 0 saturated carbocycles. The van der Waals surface area contributed by atoms with Crippen molar-refractivity contribution >= 4 is 17.3 Å². The lowest BCUT2D eigenvalue weighted by atomic mass is 10.0. The first-order chi connectivity index (χ1) is 9.02. The second-order valence-electron chi connectivity index (χ2n) is 3.81. The maximum atomic E-state index is 13.4. The van der Waals surface area contributed by atoms with Crippen molar-refractivity contribution in [2.45, 2.75) is 0 Å². The molecule has 0 aliphatic heterocycles. The third-order valence-corrected chi connectivity index (χ3v) is 2.59. The van der Waals surface area contributed by atoms with Crippen LogP contribution in [0, 0.1) is 5.82 Å². The minimum atomic E-state index is -0.480. The SMILES string of the molecule is COc1cc(F)cc(C(=[NH2+])c2c(N)ncnc2N)c1. The van der Waals surface area contributed by atoms with Crippen molar-refractivity contribution in [3.63, 3.8) is 0 Å². The first kappa shape index (κ1) is 12.7. The summed E-state index contributed by atoms with van der Waals surface area (Å²) in [6.07, 6.45) is 1.23. The Bertz CT molecular complexity index is 624. The summed E-state index contributed by atoms with van der Waals surface area (Å²) in [4.78, 5) is 7.62. The molecule has 0 saturated heterocycles. The molecule has 1 aromatic heterocycles. The fourth-order valence-corrected chi connectivity index (χ4v) is 1.67. The Morgan fingerprint density at radius 2 is 1.84 bits per heavy atom. The molecule has 1 heterocycles. The summed E-state index contributed by atoms with van der Waals surface area (Å²) in [5.41, 5.74) is 12.3. The number of methoxy groups -OCH3 is 1. The normalized spacial score (nSPS) is 10.2. The molecule has 0 atom stereocenters. The highest BCUT2D eigenvalue weighted by molar-refractivity contribution is 6.14. The lowest BCUT2D eigenvalue weighted by molar-refractivity contribution is -0.111. The molecule has 19 heavy (non-hydrogen) atoms. The van der Waals surface area contributed by atoms with Crippen LogP contribution < -0.4 is 21.6 Å². The van der Waals surface area contributed by atoms with E-state index >= 15 is 0 Å². The van der Waals surface area contributed by atoms with Crippen LogP contribution in [0.4, 0.5) is 16.0 Å². The van der Waals surface area contributed by atoms with Gasteiger partial charge in [-0.3, -0.25) is 5.41 Å². The molecule has 6 nitrogen and oxygen atoms in total. The minimum Gasteiger partial charge on any atom is -0.497 e. The van der Waals surface area contributed by atoms with Crippen molar-refractivity contribution in [1.29, 1.82) is 0 Å². The molecule has 0 spiro atoms. The Labute approximate surface area is 108 Å². The molecule has 7 heteroatoms. The summed E-state index contributed by atoms with van der Waals surface area (Å²) in [6, 6.07) is 4.07. The van der Waals surface area contributed by atoms with Gasteiger partial charge in [0.25, 0.3) is 0 Å². The van der Waals surface area contributed by atoms with Gasteiger partial charge < -0.3 is 16.2 Å². The van der Waals surface area contributed by atoms with Crippen molar-refractivity contribution in [1.82, 2.24) is 9.97 Å². The zero-order chi connectivity index (χ0) is 14.0. The van der Waals surface area contributed by atoms with E-state index in [1.165, 1.54) is 25.6 Å². The highest BCUT2D eigenvalue weighted by Crippen LogP contribution is 2.21. The Kier molecular flexibility index (Phi) is 3.28. The molecule has 0 unspecified atom stereocenters. The number of nitrogens with two attached hydrogens (primary N) is 3. The predicted molar refractivity (Wildman–Crippen MR) is 68.9 cm³/mol. The van der Waals surface area contributed by atoms with Gasteiger partial charge in [-0.2, -0.15) is 0 Å². The maximum Gasteiger partial charge on any atom is 0.219 e. The van der Waals surface area contributed by atoms with Gasteiger partial charge in [0.05, 0.1) is 12.7 Å². The lowest BCUT2D eigenvalue weighted by Gasteiger charge is -2.07. The Hall–Kier alpha value is -2.70. The summed E-state index contributed by atoms with van der Waals surface area (Å²) in [7, 11) is 1.43. The van der Waals surface area contributed by atoms with Gasteiger partial charge in [-0.15, -0.1) is 0 Å². The smallest absolute Gasteiger partial charge is 0.219 e. The van der Waals surface area contributed by atoms with Crippen LogP contribution in [0.5, 0.6) is 5.75 Å². The molecule has 0 aliphatic rings. The lowest BCUT2D eigenvalue weighted by Crippen LogP contribution is -2.42. The Balaban J connectivity index is 2.53. The van der Waals surface area contributed by atoms with Crippen LogP contribution >= 0.6 is 0 Å². The molecule has 0 amide bonds. The van der Waals surface area contributed by atoms with E-state index in [0.717, 1.165) is 0 Å². The van der Waals surface area contributed by atoms with E-state index in [2.05, 4.69) is 9.97 Å². The molecular formula is C12H13FN5O+. The highest BCUT2D eigenvalue weighted by atomic mass is 19.1. The van der Waals surface area contributed by atoms with Crippen LogP contribution in [-0.2, 0) is 0 Å². The molecule has 0 radical (unpaired) electrons. The van der Waals surface area contributed by atoms with E-state index in [4.69, 9.17) is 21.6 Å². The van der Waals surface area contributed by atoms with E-state index in [-0.39, 0.29) is 22.9 Å². The molecule has 0 aliphatic carbocycles. The van der Waals surface area contributed by atoms with E-state index in [0.29, 0.717) is 11.3 Å². The van der Waals surface area contributed by atoms with Gasteiger partial charge >= 0.3 is 0 Å². The number of benzene rings is 1. The number of ether oxygens (including phenoxy) is 1. The predicted octanol–water partition coefficient (Wildman–Crippen LogP) is -0.615. The highest BCUT2D eigenvalue weighted by Gasteiger charge is 2.20. The molecular weight excluding hydrogens is 249 g/mol. The summed E-state index contributed by atoms with van der Waals surface area (Å²) >= 11 is 0. The van der Waals surface area contributed by atoms with Crippen molar-refractivity contribution in [2.75, 3.05) is 18.6 Å². The van der Waals surface area contributed by atoms with Crippen LogP contribution in [0.3, 0.4) is 0 Å². The third-order valence-electron chi connectivity index (χ3n) is 2.59. The van der Waals surface area contributed by atoms with Gasteiger partial charge in [0.2, 0.25) is 5.71 Å². The number of aromatic nitrogens is 2. The van der Waals surface area contributed by atoms with Gasteiger partial charge in [0.1, 0.15) is 35.1 Å². The number of halogens is 1.